The maximum Gasteiger partial charge on any atom is 0.317 e. The molecule has 0 spiro atoms. The fourth-order valence-electron chi connectivity index (χ4n) is 2.76. The van der Waals surface area contributed by atoms with Gasteiger partial charge >= 0.3 is 6.03 Å². The Balaban J connectivity index is 1.77. The highest BCUT2D eigenvalue weighted by Gasteiger charge is 2.23. The summed E-state index contributed by atoms with van der Waals surface area (Å²) >= 11 is 0. The highest BCUT2D eigenvalue weighted by molar-refractivity contribution is 5.74. The van der Waals surface area contributed by atoms with E-state index in [1.165, 1.54) is 5.56 Å². The Labute approximate surface area is 128 Å². The van der Waals surface area contributed by atoms with E-state index in [9.17, 15) is 4.79 Å². The van der Waals surface area contributed by atoms with Gasteiger partial charge in [0.2, 0.25) is 0 Å². The average molecular weight is 289 g/mol. The van der Waals surface area contributed by atoms with Gasteiger partial charge in [0.15, 0.2) is 0 Å². The van der Waals surface area contributed by atoms with Gasteiger partial charge in [-0.1, -0.05) is 30.3 Å². The van der Waals surface area contributed by atoms with E-state index in [2.05, 4.69) is 43.1 Å². The van der Waals surface area contributed by atoms with Crippen molar-refractivity contribution in [1.82, 2.24) is 15.1 Å². The minimum absolute atomic E-state index is 0.0711. The van der Waals surface area contributed by atoms with E-state index in [-0.39, 0.29) is 12.1 Å². The van der Waals surface area contributed by atoms with E-state index in [4.69, 9.17) is 0 Å². The molecule has 1 N–H and O–H groups in total. The van der Waals surface area contributed by atoms with Gasteiger partial charge in [-0.2, -0.15) is 0 Å². The number of hydrogen-bond acceptors (Lipinski definition) is 2. The van der Waals surface area contributed by atoms with Crippen molar-refractivity contribution in [2.45, 2.75) is 39.3 Å². The molecule has 0 aliphatic carbocycles. The van der Waals surface area contributed by atoms with Crippen molar-refractivity contribution in [3.05, 3.63) is 35.9 Å². The van der Waals surface area contributed by atoms with Gasteiger partial charge < -0.3 is 10.2 Å². The van der Waals surface area contributed by atoms with E-state index >= 15 is 0 Å². The highest BCUT2D eigenvalue weighted by atomic mass is 16.2. The van der Waals surface area contributed by atoms with Crippen molar-refractivity contribution < 1.29 is 4.79 Å². The number of piperazine rings is 1. The fraction of sp³-hybridized carbons (Fsp3) is 0.588. The lowest BCUT2D eigenvalue weighted by Crippen LogP contribution is -2.54. The quantitative estimate of drug-likeness (QED) is 0.923. The fourth-order valence-corrected chi connectivity index (χ4v) is 2.76. The van der Waals surface area contributed by atoms with Crippen LogP contribution in [-0.2, 0) is 6.42 Å². The van der Waals surface area contributed by atoms with Crippen LogP contribution in [0.2, 0.25) is 0 Å². The van der Waals surface area contributed by atoms with E-state index in [0.29, 0.717) is 6.04 Å². The Kier molecular flexibility index (Phi) is 5.62. The summed E-state index contributed by atoms with van der Waals surface area (Å²) in [5.74, 6) is 0. The number of carbonyl (C=O) groups excluding carboxylic acids is 1. The zero-order chi connectivity index (χ0) is 15.2. The number of amides is 2. The summed E-state index contributed by atoms with van der Waals surface area (Å²) in [6.45, 7) is 10.1. The van der Waals surface area contributed by atoms with Gasteiger partial charge in [-0.05, 0) is 32.8 Å². The number of rotatable bonds is 4. The largest absolute Gasteiger partial charge is 0.335 e. The molecule has 0 saturated carbocycles. The van der Waals surface area contributed by atoms with Crippen LogP contribution >= 0.6 is 0 Å². The normalized spacial score (nSPS) is 17.8. The van der Waals surface area contributed by atoms with Gasteiger partial charge in [0.25, 0.3) is 0 Å². The van der Waals surface area contributed by atoms with Gasteiger partial charge in [-0.15, -0.1) is 0 Å². The first-order chi connectivity index (χ1) is 10.1. The molecule has 1 aromatic rings. The van der Waals surface area contributed by atoms with Crippen LogP contribution in [0.25, 0.3) is 0 Å². The lowest BCUT2D eigenvalue weighted by Gasteiger charge is -2.37. The van der Waals surface area contributed by atoms with E-state index in [1.807, 2.05) is 23.1 Å². The number of benzene rings is 1. The van der Waals surface area contributed by atoms with E-state index in [1.54, 1.807) is 0 Å². The second-order valence-electron chi connectivity index (χ2n) is 6.16. The number of urea groups is 1. The van der Waals surface area contributed by atoms with Crippen LogP contribution in [0, 0.1) is 0 Å². The molecule has 2 amide bonds. The Morgan fingerprint density at radius 1 is 1.10 bits per heavy atom. The summed E-state index contributed by atoms with van der Waals surface area (Å²) in [6.07, 6.45) is 0.874. The van der Waals surface area contributed by atoms with Gasteiger partial charge in [0, 0.05) is 38.3 Å². The van der Waals surface area contributed by atoms with Crippen LogP contribution in [0.3, 0.4) is 0 Å². The second-order valence-corrected chi connectivity index (χ2v) is 6.16. The van der Waals surface area contributed by atoms with Crippen molar-refractivity contribution in [1.29, 1.82) is 0 Å². The van der Waals surface area contributed by atoms with Crippen molar-refractivity contribution in [3.8, 4) is 0 Å². The molecule has 4 heteroatoms. The van der Waals surface area contributed by atoms with Crippen LogP contribution in [0.4, 0.5) is 4.79 Å². The summed E-state index contributed by atoms with van der Waals surface area (Å²) in [4.78, 5) is 16.6. The standard InChI is InChI=1S/C17H27N3O/c1-14(2)19-9-11-20(12-10-19)17(21)18-15(3)13-16-7-5-4-6-8-16/h4-8,14-15H,9-13H2,1-3H3,(H,18,21)/t15-/m0/s1. The first-order valence-electron chi connectivity index (χ1n) is 7.89. The maximum absolute atomic E-state index is 12.3. The lowest BCUT2D eigenvalue weighted by molar-refractivity contribution is 0.118. The SMILES string of the molecule is CC(C)N1CCN(C(=O)N[C@@H](C)Cc2ccccc2)CC1. The Morgan fingerprint density at radius 2 is 1.71 bits per heavy atom. The lowest BCUT2D eigenvalue weighted by atomic mass is 10.1. The molecule has 0 bridgehead atoms. The highest BCUT2D eigenvalue weighted by Crippen LogP contribution is 2.07. The second kappa shape index (κ2) is 7.46. The van der Waals surface area contributed by atoms with Crippen LogP contribution in [0.15, 0.2) is 30.3 Å². The number of nitrogens with zero attached hydrogens (tertiary/aromatic N) is 2. The van der Waals surface area contributed by atoms with Gasteiger partial charge in [0.1, 0.15) is 0 Å². The summed E-state index contributed by atoms with van der Waals surface area (Å²) in [7, 11) is 0. The molecular weight excluding hydrogens is 262 g/mol. The van der Waals surface area contributed by atoms with Crippen molar-refractivity contribution in [2.75, 3.05) is 26.2 Å². The van der Waals surface area contributed by atoms with E-state index < -0.39 is 0 Å². The molecule has 2 rings (SSSR count). The van der Waals surface area contributed by atoms with Crippen LogP contribution < -0.4 is 5.32 Å². The Bertz CT molecular complexity index is 439. The van der Waals surface area contributed by atoms with Crippen LogP contribution in [0.1, 0.15) is 26.3 Å². The maximum atomic E-state index is 12.3. The van der Waals surface area contributed by atoms with Gasteiger partial charge in [0.05, 0.1) is 0 Å². The zero-order valence-electron chi connectivity index (χ0n) is 13.4. The Hall–Kier alpha value is -1.55. The van der Waals surface area contributed by atoms with E-state index in [0.717, 1.165) is 32.6 Å². The third-order valence-electron chi connectivity index (χ3n) is 4.09. The molecule has 1 saturated heterocycles. The summed E-state index contributed by atoms with van der Waals surface area (Å²) in [5, 5.41) is 3.11. The molecule has 1 heterocycles. The molecule has 1 aliphatic heterocycles. The van der Waals surface area contributed by atoms with Crippen molar-refractivity contribution in [2.24, 2.45) is 0 Å². The van der Waals surface area contributed by atoms with Gasteiger partial charge in [-0.25, -0.2) is 4.79 Å². The average Bonchev–Trinajstić information content (AvgIpc) is 2.48. The van der Waals surface area contributed by atoms with Crippen LogP contribution in [0.5, 0.6) is 0 Å². The summed E-state index contributed by atoms with van der Waals surface area (Å²) < 4.78 is 0. The number of hydrogen-bond donors (Lipinski definition) is 1. The molecular formula is C17H27N3O. The molecule has 1 aliphatic rings. The molecule has 1 atom stereocenters. The molecule has 0 radical (unpaired) electrons. The minimum atomic E-state index is 0.0711. The smallest absolute Gasteiger partial charge is 0.317 e. The van der Waals surface area contributed by atoms with Crippen LogP contribution in [-0.4, -0.2) is 54.1 Å². The monoisotopic (exact) mass is 289 g/mol. The molecule has 0 unspecified atom stereocenters. The minimum Gasteiger partial charge on any atom is -0.335 e. The first kappa shape index (κ1) is 15.8. The third-order valence-corrected chi connectivity index (χ3v) is 4.09. The van der Waals surface area contributed by atoms with Crippen molar-refractivity contribution >= 4 is 6.03 Å². The topological polar surface area (TPSA) is 35.6 Å². The number of carbonyl (C=O) groups is 1. The summed E-state index contributed by atoms with van der Waals surface area (Å²) in [6, 6.07) is 11.1. The zero-order valence-corrected chi connectivity index (χ0v) is 13.4. The third kappa shape index (κ3) is 4.74. The predicted octanol–water partition coefficient (Wildman–Crippen LogP) is 2.35. The molecule has 1 aromatic carbocycles. The molecule has 0 aromatic heterocycles. The molecule has 4 nitrogen and oxygen atoms in total. The van der Waals surface area contributed by atoms with Crippen molar-refractivity contribution in [3.63, 3.8) is 0 Å². The van der Waals surface area contributed by atoms with Gasteiger partial charge in [-0.3, -0.25) is 4.90 Å². The Morgan fingerprint density at radius 3 is 2.29 bits per heavy atom. The molecule has 1 fully saturated rings. The summed E-state index contributed by atoms with van der Waals surface area (Å²) in [5.41, 5.74) is 1.26. The first-order valence-corrected chi connectivity index (χ1v) is 7.89. The predicted molar refractivity (Wildman–Crippen MR) is 86.4 cm³/mol. The molecule has 116 valence electrons. The number of nitrogens with one attached hydrogen (secondary N) is 1. The molecule has 21 heavy (non-hydrogen) atoms.